The van der Waals surface area contributed by atoms with Crippen LogP contribution in [0.4, 0.5) is 0 Å². The van der Waals surface area contributed by atoms with Crippen molar-refractivity contribution in [2.75, 3.05) is 13.1 Å². The fourth-order valence-corrected chi connectivity index (χ4v) is 3.60. The van der Waals surface area contributed by atoms with Gasteiger partial charge in [0.2, 0.25) is 0 Å². The molecule has 1 saturated carbocycles. The molecular weight excluding hydrogens is 250 g/mol. The van der Waals surface area contributed by atoms with E-state index in [-0.39, 0.29) is 5.60 Å². The van der Waals surface area contributed by atoms with Crippen molar-refractivity contribution in [3.63, 3.8) is 0 Å². The number of ether oxygens (including phenoxy) is 1. The molecule has 0 bridgehead atoms. The number of benzene rings is 1. The van der Waals surface area contributed by atoms with Gasteiger partial charge < -0.3 is 15.2 Å². The van der Waals surface area contributed by atoms with E-state index in [1.807, 2.05) is 30.3 Å². The first kappa shape index (κ1) is 14.1. The maximum Gasteiger partial charge on any atom is 0.0914 e. The topological polar surface area (TPSA) is 41.5 Å². The Morgan fingerprint density at radius 2 is 1.95 bits per heavy atom. The molecule has 2 unspecified atom stereocenters. The van der Waals surface area contributed by atoms with Gasteiger partial charge in [0.1, 0.15) is 0 Å². The molecule has 0 amide bonds. The van der Waals surface area contributed by atoms with Crippen molar-refractivity contribution >= 4 is 0 Å². The number of rotatable bonds is 5. The quantitative estimate of drug-likeness (QED) is 0.868. The van der Waals surface area contributed by atoms with Gasteiger partial charge in [0.25, 0.3) is 0 Å². The molecule has 1 aromatic rings. The Labute approximate surface area is 121 Å². The summed E-state index contributed by atoms with van der Waals surface area (Å²) >= 11 is 0. The fourth-order valence-electron chi connectivity index (χ4n) is 3.60. The van der Waals surface area contributed by atoms with Gasteiger partial charge in [0.15, 0.2) is 0 Å². The van der Waals surface area contributed by atoms with E-state index in [4.69, 9.17) is 4.74 Å². The van der Waals surface area contributed by atoms with Gasteiger partial charge in [-0.1, -0.05) is 43.2 Å². The van der Waals surface area contributed by atoms with Gasteiger partial charge in [-0.05, 0) is 31.2 Å². The molecule has 2 atom stereocenters. The first-order chi connectivity index (χ1) is 9.77. The van der Waals surface area contributed by atoms with E-state index < -0.39 is 6.10 Å². The Balaban J connectivity index is 1.40. The fraction of sp³-hybridized carbons (Fsp3) is 0.647. The predicted octanol–water partition coefficient (Wildman–Crippen LogP) is 2.80. The molecular formula is C17H25NO2. The lowest BCUT2D eigenvalue weighted by Crippen LogP contribution is -2.33. The summed E-state index contributed by atoms with van der Waals surface area (Å²) < 4.78 is 6.25. The predicted molar refractivity (Wildman–Crippen MR) is 79.6 cm³/mol. The minimum Gasteiger partial charge on any atom is -0.387 e. The maximum atomic E-state index is 10.1. The Morgan fingerprint density at radius 1 is 1.20 bits per heavy atom. The summed E-state index contributed by atoms with van der Waals surface area (Å²) in [5.41, 5.74) is 1.18. The first-order valence-electron chi connectivity index (χ1n) is 7.89. The van der Waals surface area contributed by atoms with Gasteiger partial charge in [-0.25, -0.2) is 0 Å². The van der Waals surface area contributed by atoms with Crippen LogP contribution < -0.4 is 5.32 Å². The Morgan fingerprint density at radius 3 is 2.70 bits per heavy atom. The van der Waals surface area contributed by atoms with Crippen LogP contribution in [-0.2, 0) is 4.74 Å². The standard InChI is InChI=1S/C17H25NO2/c19-16(14-6-2-1-3-7-14)13-18-12-15-8-11-17(20-15)9-4-5-10-17/h1-3,6-7,15-16,18-19H,4-5,8-13H2. The second-order valence-electron chi connectivity index (χ2n) is 6.25. The average Bonchev–Trinajstić information content (AvgIpc) is 3.10. The van der Waals surface area contributed by atoms with Crippen molar-refractivity contribution in [3.05, 3.63) is 35.9 Å². The zero-order valence-corrected chi connectivity index (χ0v) is 12.1. The van der Waals surface area contributed by atoms with E-state index >= 15 is 0 Å². The van der Waals surface area contributed by atoms with Crippen LogP contribution in [0.5, 0.6) is 0 Å². The maximum absolute atomic E-state index is 10.1. The van der Waals surface area contributed by atoms with Crippen LogP contribution in [-0.4, -0.2) is 29.9 Å². The molecule has 1 aromatic carbocycles. The van der Waals surface area contributed by atoms with Crippen molar-refractivity contribution in [2.45, 2.75) is 56.3 Å². The molecule has 1 aliphatic carbocycles. The first-order valence-corrected chi connectivity index (χ1v) is 7.89. The van der Waals surface area contributed by atoms with Gasteiger partial charge in [0, 0.05) is 13.1 Å². The van der Waals surface area contributed by atoms with Gasteiger partial charge >= 0.3 is 0 Å². The highest BCUT2D eigenvalue weighted by molar-refractivity contribution is 5.17. The molecule has 1 heterocycles. The number of hydrogen-bond donors (Lipinski definition) is 2. The Bertz CT molecular complexity index is 414. The van der Waals surface area contributed by atoms with E-state index in [9.17, 15) is 5.11 Å². The van der Waals surface area contributed by atoms with Crippen LogP contribution in [0.25, 0.3) is 0 Å². The smallest absolute Gasteiger partial charge is 0.0914 e. The van der Waals surface area contributed by atoms with Crippen LogP contribution >= 0.6 is 0 Å². The number of nitrogens with one attached hydrogen (secondary N) is 1. The SMILES string of the molecule is OC(CNCC1CCC2(CCCC2)O1)c1ccccc1. The second-order valence-corrected chi connectivity index (χ2v) is 6.25. The lowest BCUT2D eigenvalue weighted by Gasteiger charge is -2.24. The highest BCUT2D eigenvalue weighted by Crippen LogP contribution is 2.43. The largest absolute Gasteiger partial charge is 0.387 e. The lowest BCUT2D eigenvalue weighted by molar-refractivity contribution is -0.0357. The van der Waals surface area contributed by atoms with Crippen molar-refractivity contribution < 1.29 is 9.84 Å². The number of hydrogen-bond acceptors (Lipinski definition) is 3. The van der Waals surface area contributed by atoms with Crippen LogP contribution in [0.2, 0.25) is 0 Å². The minimum atomic E-state index is -0.432. The minimum absolute atomic E-state index is 0.213. The summed E-state index contributed by atoms with van der Waals surface area (Å²) in [6.45, 7) is 1.45. The van der Waals surface area contributed by atoms with Crippen molar-refractivity contribution in [1.29, 1.82) is 0 Å². The highest BCUT2D eigenvalue weighted by Gasteiger charge is 2.41. The number of aliphatic hydroxyl groups is 1. The molecule has 2 N–H and O–H groups in total. The molecule has 1 saturated heterocycles. The average molecular weight is 275 g/mol. The van der Waals surface area contributed by atoms with Crippen LogP contribution in [0.15, 0.2) is 30.3 Å². The van der Waals surface area contributed by atoms with E-state index in [1.54, 1.807) is 0 Å². The molecule has 110 valence electrons. The molecule has 0 aromatic heterocycles. The summed E-state index contributed by atoms with van der Waals surface area (Å²) in [5, 5.41) is 13.5. The Kier molecular flexibility index (Phi) is 4.39. The molecule has 3 rings (SSSR count). The van der Waals surface area contributed by atoms with Crippen LogP contribution in [0.1, 0.15) is 50.2 Å². The summed E-state index contributed by atoms with van der Waals surface area (Å²) in [6, 6.07) is 9.82. The molecule has 2 aliphatic rings. The zero-order chi connectivity index (χ0) is 13.8. The van der Waals surface area contributed by atoms with Crippen LogP contribution in [0.3, 0.4) is 0 Å². The van der Waals surface area contributed by atoms with Gasteiger partial charge in [-0.2, -0.15) is 0 Å². The second kappa shape index (κ2) is 6.25. The van der Waals surface area contributed by atoms with Crippen molar-refractivity contribution in [1.82, 2.24) is 5.32 Å². The third-order valence-electron chi connectivity index (χ3n) is 4.75. The Hall–Kier alpha value is -0.900. The molecule has 2 fully saturated rings. The highest BCUT2D eigenvalue weighted by atomic mass is 16.5. The lowest BCUT2D eigenvalue weighted by atomic mass is 9.98. The van der Waals surface area contributed by atoms with E-state index in [0.717, 1.165) is 18.5 Å². The van der Waals surface area contributed by atoms with Gasteiger partial charge in [-0.15, -0.1) is 0 Å². The molecule has 1 aliphatic heterocycles. The van der Waals surface area contributed by atoms with E-state index in [1.165, 1.54) is 32.1 Å². The normalized spacial score (nSPS) is 26.1. The molecule has 3 nitrogen and oxygen atoms in total. The molecule has 3 heteroatoms. The molecule has 0 radical (unpaired) electrons. The third kappa shape index (κ3) is 3.22. The monoisotopic (exact) mass is 275 g/mol. The molecule has 20 heavy (non-hydrogen) atoms. The summed E-state index contributed by atoms with van der Waals surface area (Å²) in [4.78, 5) is 0. The molecule has 1 spiro atoms. The summed E-state index contributed by atoms with van der Waals surface area (Å²) in [6.07, 6.45) is 7.43. The number of aliphatic hydroxyl groups excluding tert-OH is 1. The van der Waals surface area contributed by atoms with Gasteiger partial charge in [0.05, 0.1) is 17.8 Å². The summed E-state index contributed by atoms with van der Waals surface area (Å²) in [7, 11) is 0. The van der Waals surface area contributed by atoms with Crippen molar-refractivity contribution in [3.8, 4) is 0 Å². The summed E-state index contributed by atoms with van der Waals surface area (Å²) in [5.74, 6) is 0. The van der Waals surface area contributed by atoms with E-state index in [2.05, 4.69) is 5.32 Å². The third-order valence-corrected chi connectivity index (χ3v) is 4.75. The van der Waals surface area contributed by atoms with Crippen molar-refractivity contribution in [2.24, 2.45) is 0 Å². The van der Waals surface area contributed by atoms with Crippen LogP contribution in [0, 0.1) is 0 Å². The zero-order valence-electron chi connectivity index (χ0n) is 12.1. The van der Waals surface area contributed by atoms with Gasteiger partial charge in [-0.3, -0.25) is 0 Å². The van der Waals surface area contributed by atoms with E-state index in [0.29, 0.717) is 12.6 Å².